The summed E-state index contributed by atoms with van der Waals surface area (Å²) in [5.41, 5.74) is 12.8. The standard InChI is InChI=1S/C29H32O7S.C29H30O7S.C2H6O/c2*1-19-12-25(34-10-5-11-37(3,32)33)13-20(2)29(19)22-7-4-6-21(14-22)17-35-24-8-9-26-23(15-28(30)31)18-36-27(26)16-24;1-2-3/h4,6-9,12-14,16,23H,5,10-11,15,17-18H2,1-3H3,(H,30,31);4,6-9,12-14,16,18H,5,10-11,15,17H2,1-3H3,(H,30,31);3H,2H2,1H3/t23-;;/m1../s1. The van der Waals surface area contributed by atoms with Crippen LogP contribution in [-0.4, -0.2) is 94.5 Å². The van der Waals surface area contributed by atoms with Crippen LogP contribution in [0.2, 0.25) is 0 Å². The molecule has 1 atom stereocenters. The number of aliphatic hydroxyl groups is 1. The minimum Gasteiger partial charge on any atom is -0.494 e. The number of carboxylic acid groups (broad SMARTS) is 2. The zero-order valence-corrected chi connectivity index (χ0v) is 46.2. The van der Waals surface area contributed by atoms with Crippen molar-refractivity contribution in [3.63, 3.8) is 0 Å². The first kappa shape index (κ1) is 58.9. The van der Waals surface area contributed by atoms with Gasteiger partial charge in [0.1, 0.15) is 67.2 Å². The summed E-state index contributed by atoms with van der Waals surface area (Å²) in [5.74, 6) is 1.81. The smallest absolute Gasteiger partial charge is 0.307 e. The molecule has 2 heterocycles. The van der Waals surface area contributed by atoms with Crippen LogP contribution in [0.15, 0.2) is 120 Å². The predicted octanol–water partition coefficient (Wildman–Crippen LogP) is 11.0. The predicted molar refractivity (Wildman–Crippen MR) is 298 cm³/mol. The quantitative estimate of drug-likeness (QED) is 0.0537. The highest BCUT2D eigenvalue weighted by atomic mass is 32.2. The fourth-order valence-electron chi connectivity index (χ4n) is 9.09. The van der Waals surface area contributed by atoms with E-state index < -0.39 is 31.6 Å². The van der Waals surface area contributed by atoms with Crippen molar-refractivity contribution in [2.45, 2.75) is 79.4 Å². The Labute approximate surface area is 451 Å². The molecule has 0 aliphatic carbocycles. The molecule has 3 N–H and O–H groups in total. The van der Waals surface area contributed by atoms with Gasteiger partial charge in [0.05, 0.1) is 50.4 Å². The number of furan rings is 1. The van der Waals surface area contributed by atoms with Gasteiger partial charge < -0.3 is 43.4 Å². The Morgan fingerprint density at radius 3 is 1.56 bits per heavy atom. The number of carbonyl (C=O) groups is 2. The fourth-order valence-corrected chi connectivity index (χ4v) is 10.4. The fraction of sp³-hybridized carbons (Fsp3) is 0.333. The summed E-state index contributed by atoms with van der Waals surface area (Å²) in [6.07, 6.45) is 4.81. The van der Waals surface area contributed by atoms with Crippen LogP contribution in [0.1, 0.15) is 76.6 Å². The van der Waals surface area contributed by atoms with Crippen molar-refractivity contribution in [3.05, 3.63) is 160 Å². The third-order valence-corrected chi connectivity index (χ3v) is 14.4. The lowest BCUT2D eigenvalue weighted by atomic mass is 9.94. The van der Waals surface area contributed by atoms with Gasteiger partial charge in [0.25, 0.3) is 0 Å². The molecule has 0 radical (unpaired) electrons. The van der Waals surface area contributed by atoms with Crippen LogP contribution in [0, 0.1) is 27.7 Å². The Morgan fingerprint density at radius 1 is 0.610 bits per heavy atom. The van der Waals surface area contributed by atoms with Gasteiger partial charge in [-0.15, -0.1) is 0 Å². The summed E-state index contributed by atoms with van der Waals surface area (Å²) in [6.45, 7) is 11.9. The summed E-state index contributed by atoms with van der Waals surface area (Å²) in [6, 6.07) is 35.2. The number of carboxylic acids is 2. The zero-order valence-electron chi connectivity index (χ0n) is 44.6. The van der Waals surface area contributed by atoms with Gasteiger partial charge in [0, 0.05) is 53.7 Å². The SMILES string of the molecule is CCO.Cc1cc(OCCCS(C)(=O)=O)cc(C)c1-c1cccc(COc2ccc3c(CC(=O)O)coc3c2)c1.Cc1cc(OCCCS(C)(=O)=O)cc(C)c1-c1cccc(COc2ccc3c(c2)OC[C@H]3CC(=O)O)c1. The summed E-state index contributed by atoms with van der Waals surface area (Å²) in [5, 5.41) is 26.5. The average Bonchev–Trinajstić information content (AvgIpc) is 3.96. The lowest BCUT2D eigenvalue weighted by Gasteiger charge is -2.15. The molecular weight excluding hydrogens is 1020 g/mol. The summed E-state index contributed by atoms with van der Waals surface area (Å²) in [7, 11) is -5.98. The van der Waals surface area contributed by atoms with Crippen molar-refractivity contribution >= 4 is 42.6 Å². The molecule has 17 heteroatoms. The van der Waals surface area contributed by atoms with Crippen molar-refractivity contribution in [1.82, 2.24) is 0 Å². The Bertz CT molecular complexity index is 3350. The van der Waals surface area contributed by atoms with E-state index in [4.69, 9.17) is 43.4 Å². The molecule has 0 unspecified atom stereocenters. The number of aryl methyl sites for hydroxylation is 4. The topological polar surface area (TPSA) is 222 Å². The zero-order chi connectivity index (χ0) is 55.9. The molecule has 1 aromatic heterocycles. The van der Waals surface area contributed by atoms with Gasteiger partial charge in [-0.2, -0.15) is 0 Å². The van der Waals surface area contributed by atoms with Gasteiger partial charge in [0.15, 0.2) is 0 Å². The van der Waals surface area contributed by atoms with Crippen LogP contribution >= 0.6 is 0 Å². The number of aliphatic carboxylic acids is 2. The first-order chi connectivity index (χ1) is 36.6. The number of ether oxygens (including phenoxy) is 5. The van der Waals surface area contributed by atoms with Crippen molar-refractivity contribution < 1.29 is 69.8 Å². The third kappa shape index (κ3) is 17.9. The van der Waals surface area contributed by atoms with Gasteiger partial charge in [-0.1, -0.05) is 42.5 Å². The molecule has 0 spiro atoms. The monoisotopic (exact) mass is 1090 g/mol. The van der Waals surface area contributed by atoms with Crippen LogP contribution in [0.25, 0.3) is 33.2 Å². The number of benzene rings is 6. The molecule has 1 aliphatic heterocycles. The number of hydrogen-bond acceptors (Lipinski definition) is 13. The molecule has 8 rings (SSSR count). The molecule has 77 heavy (non-hydrogen) atoms. The Morgan fingerprint density at radius 2 is 1.09 bits per heavy atom. The van der Waals surface area contributed by atoms with Crippen molar-refractivity contribution in [2.75, 3.05) is 50.4 Å². The third-order valence-electron chi connectivity index (χ3n) is 12.4. The Hall–Kier alpha value is -7.34. The Balaban J connectivity index is 0.000000237. The second-order valence-electron chi connectivity index (χ2n) is 19.1. The van der Waals surface area contributed by atoms with E-state index in [0.29, 0.717) is 74.3 Å². The van der Waals surface area contributed by atoms with Crippen LogP contribution in [0.5, 0.6) is 28.7 Å². The molecule has 410 valence electrons. The highest BCUT2D eigenvalue weighted by molar-refractivity contribution is 7.90. The second-order valence-corrected chi connectivity index (χ2v) is 23.6. The maximum atomic E-state index is 11.3. The number of hydrogen-bond donors (Lipinski definition) is 3. The van der Waals surface area contributed by atoms with E-state index in [2.05, 4.69) is 24.3 Å². The van der Waals surface area contributed by atoms with E-state index in [1.807, 2.05) is 107 Å². The molecule has 1 aliphatic rings. The second kappa shape index (κ2) is 27.1. The van der Waals surface area contributed by atoms with Crippen LogP contribution in [-0.2, 0) is 48.9 Å². The highest BCUT2D eigenvalue weighted by Gasteiger charge is 2.27. The van der Waals surface area contributed by atoms with Crippen molar-refractivity contribution in [1.29, 1.82) is 0 Å². The Kier molecular flexibility index (Phi) is 20.7. The van der Waals surface area contributed by atoms with Crippen LogP contribution in [0.4, 0.5) is 0 Å². The number of sulfone groups is 2. The molecule has 6 aromatic carbocycles. The molecule has 15 nitrogen and oxygen atoms in total. The summed E-state index contributed by atoms with van der Waals surface area (Å²) < 4.78 is 80.0. The first-order valence-corrected chi connectivity index (χ1v) is 29.3. The average molecular weight is 1090 g/mol. The molecular formula is C60H68O15S2. The van der Waals surface area contributed by atoms with Gasteiger partial charge >= 0.3 is 11.9 Å². The number of fused-ring (bicyclic) bond motifs is 2. The lowest BCUT2D eigenvalue weighted by Crippen LogP contribution is -2.08. The molecule has 0 saturated heterocycles. The number of aliphatic hydroxyl groups excluding tert-OH is 1. The molecule has 0 bridgehead atoms. The summed E-state index contributed by atoms with van der Waals surface area (Å²) in [4.78, 5) is 22.1. The molecule has 7 aromatic rings. The van der Waals surface area contributed by atoms with E-state index in [9.17, 15) is 26.4 Å². The van der Waals surface area contributed by atoms with Gasteiger partial charge in [-0.25, -0.2) is 16.8 Å². The minimum absolute atomic E-state index is 0.0507. The van der Waals surface area contributed by atoms with E-state index >= 15 is 0 Å². The normalized spacial score (nSPS) is 12.8. The van der Waals surface area contributed by atoms with E-state index in [1.54, 1.807) is 13.0 Å². The van der Waals surface area contributed by atoms with Gasteiger partial charge in [0.2, 0.25) is 0 Å². The lowest BCUT2D eigenvalue weighted by molar-refractivity contribution is -0.138. The number of rotatable bonds is 22. The summed E-state index contributed by atoms with van der Waals surface area (Å²) >= 11 is 0. The van der Waals surface area contributed by atoms with Crippen molar-refractivity contribution in [2.24, 2.45) is 0 Å². The van der Waals surface area contributed by atoms with E-state index in [1.165, 1.54) is 18.8 Å². The van der Waals surface area contributed by atoms with Crippen LogP contribution in [0.3, 0.4) is 0 Å². The van der Waals surface area contributed by atoms with E-state index in [-0.39, 0.29) is 36.9 Å². The van der Waals surface area contributed by atoms with Crippen LogP contribution < -0.4 is 23.7 Å². The molecule has 0 saturated carbocycles. The van der Waals surface area contributed by atoms with Crippen molar-refractivity contribution in [3.8, 4) is 51.0 Å². The minimum atomic E-state index is -2.99. The van der Waals surface area contributed by atoms with Gasteiger partial charge in [-0.3, -0.25) is 9.59 Å². The van der Waals surface area contributed by atoms with Gasteiger partial charge in [-0.05, 0) is 158 Å². The highest BCUT2D eigenvalue weighted by Crippen LogP contribution is 2.39. The maximum Gasteiger partial charge on any atom is 0.307 e. The first-order valence-electron chi connectivity index (χ1n) is 25.2. The largest absolute Gasteiger partial charge is 0.494 e. The maximum absolute atomic E-state index is 11.3. The van der Waals surface area contributed by atoms with E-state index in [0.717, 1.165) is 78.1 Å². The molecule has 0 amide bonds. The molecule has 0 fully saturated rings.